The predicted octanol–water partition coefficient (Wildman–Crippen LogP) is 5.65. The van der Waals surface area contributed by atoms with E-state index < -0.39 is 5.41 Å². The van der Waals surface area contributed by atoms with Gasteiger partial charge in [-0.05, 0) is 60.9 Å². The maximum Gasteiger partial charge on any atom is 0.261 e. The van der Waals surface area contributed by atoms with Crippen LogP contribution in [0.3, 0.4) is 0 Å². The number of carbonyl (C=O) groups excluding carboxylic acids is 1. The first-order valence-corrected chi connectivity index (χ1v) is 12.7. The molecule has 5 nitrogen and oxygen atoms in total. The molecule has 35 heavy (non-hydrogen) atoms. The summed E-state index contributed by atoms with van der Waals surface area (Å²) in [6, 6.07) is 23.8. The van der Waals surface area contributed by atoms with Crippen molar-refractivity contribution < 1.29 is 4.79 Å². The van der Waals surface area contributed by atoms with E-state index in [1.165, 1.54) is 5.56 Å². The molecule has 0 N–H and O–H groups in total. The normalized spacial score (nSPS) is 23.9. The molecule has 1 saturated heterocycles. The lowest BCUT2D eigenvalue weighted by Gasteiger charge is -2.53. The Morgan fingerprint density at radius 1 is 0.971 bits per heavy atom. The molecule has 1 spiro atoms. The van der Waals surface area contributed by atoms with Gasteiger partial charge in [-0.2, -0.15) is 10.1 Å². The Morgan fingerprint density at radius 2 is 1.71 bits per heavy atom. The molecule has 178 valence electrons. The van der Waals surface area contributed by atoms with Crippen molar-refractivity contribution >= 4 is 46.2 Å². The molecule has 0 aliphatic carbocycles. The summed E-state index contributed by atoms with van der Waals surface area (Å²) in [5, 5.41) is 7.75. The van der Waals surface area contributed by atoms with E-state index in [-0.39, 0.29) is 11.9 Å². The van der Waals surface area contributed by atoms with E-state index in [2.05, 4.69) is 40.1 Å². The van der Waals surface area contributed by atoms with Crippen LogP contribution in [0, 0.1) is 5.41 Å². The topological polar surface area (TPSA) is 39.2 Å². The van der Waals surface area contributed by atoms with Crippen LogP contribution in [0.4, 0.5) is 11.4 Å². The fourth-order valence-electron chi connectivity index (χ4n) is 5.88. The van der Waals surface area contributed by atoms with E-state index in [1.807, 2.05) is 37.3 Å². The van der Waals surface area contributed by atoms with Crippen molar-refractivity contribution in [1.29, 1.82) is 0 Å². The Kier molecular flexibility index (Phi) is 5.59. The molecule has 3 aliphatic rings. The van der Waals surface area contributed by atoms with Crippen molar-refractivity contribution in [2.75, 3.05) is 29.5 Å². The Hall–Kier alpha value is -2.86. The van der Waals surface area contributed by atoms with Crippen LogP contribution in [-0.2, 0) is 17.8 Å². The summed E-state index contributed by atoms with van der Waals surface area (Å²) in [4.78, 5) is 19.1. The van der Waals surface area contributed by atoms with Crippen LogP contribution in [0.25, 0.3) is 0 Å². The molecule has 3 aromatic rings. The molecule has 0 unspecified atom stereocenters. The quantitative estimate of drug-likeness (QED) is 0.462. The van der Waals surface area contributed by atoms with Crippen LogP contribution >= 0.6 is 23.2 Å². The number of amides is 1. The Bertz CT molecular complexity index is 1310. The highest BCUT2D eigenvalue weighted by Gasteiger charge is 2.59. The third kappa shape index (κ3) is 3.74. The van der Waals surface area contributed by atoms with E-state index in [0.29, 0.717) is 11.4 Å². The molecule has 1 amide bonds. The molecule has 3 aromatic carbocycles. The fourth-order valence-corrected chi connectivity index (χ4v) is 6.17. The summed E-state index contributed by atoms with van der Waals surface area (Å²) < 4.78 is 0. The first-order chi connectivity index (χ1) is 17.0. The number of hydrogen-bond acceptors (Lipinski definition) is 4. The van der Waals surface area contributed by atoms with Crippen molar-refractivity contribution in [3.63, 3.8) is 0 Å². The number of fused-ring (bicyclic) bond motifs is 4. The third-order valence-corrected chi connectivity index (χ3v) is 8.14. The molecular weight excluding hydrogens is 479 g/mol. The number of hydrogen-bond donors (Lipinski definition) is 0. The average Bonchev–Trinajstić information content (AvgIpc) is 3.11. The van der Waals surface area contributed by atoms with Gasteiger partial charge in [-0.3, -0.25) is 9.69 Å². The highest BCUT2D eigenvalue weighted by molar-refractivity contribution is 6.31. The lowest BCUT2D eigenvalue weighted by Crippen LogP contribution is -2.66. The van der Waals surface area contributed by atoms with Gasteiger partial charge in [0.1, 0.15) is 5.41 Å². The lowest BCUT2D eigenvalue weighted by atomic mass is 9.67. The van der Waals surface area contributed by atoms with Crippen molar-refractivity contribution in [2.45, 2.75) is 25.9 Å². The van der Waals surface area contributed by atoms with Gasteiger partial charge in [0, 0.05) is 41.9 Å². The Morgan fingerprint density at radius 3 is 2.49 bits per heavy atom. The van der Waals surface area contributed by atoms with Gasteiger partial charge < -0.3 is 4.90 Å². The maximum absolute atomic E-state index is 14.3. The second kappa shape index (κ2) is 8.66. The van der Waals surface area contributed by atoms with Gasteiger partial charge in [0.25, 0.3) is 5.91 Å². The van der Waals surface area contributed by atoms with Gasteiger partial charge in [0.2, 0.25) is 0 Å². The fraction of sp³-hybridized carbons (Fsp3) is 0.286. The summed E-state index contributed by atoms with van der Waals surface area (Å²) in [5.41, 5.74) is 4.41. The molecule has 0 bridgehead atoms. The van der Waals surface area contributed by atoms with Gasteiger partial charge in [-0.1, -0.05) is 59.6 Å². The van der Waals surface area contributed by atoms with Gasteiger partial charge in [0.15, 0.2) is 0 Å². The van der Waals surface area contributed by atoms with Crippen LogP contribution in [-0.4, -0.2) is 42.2 Å². The minimum Gasteiger partial charge on any atom is -0.364 e. The first-order valence-electron chi connectivity index (χ1n) is 11.9. The number of halogens is 2. The first kappa shape index (κ1) is 22.6. The van der Waals surface area contributed by atoms with Crippen LogP contribution < -0.4 is 9.91 Å². The summed E-state index contributed by atoms with van der Waals surface area (Å²) in [6.07, 6.45) is 0.609. The molecule has 0 saturated carbocycles. The number of piperazine rings is 1. The van der Waals surface area contributed by atoms with Gasteiger partial charge >= 0.3 is 0 Å². The standard InChI is InChI=1S/C28H26Cl2N4O/c1-19-28(27(35)34(31-19)24-11-9-22(29)10-12-24)16-21-7-8-23(30)15-25(21)33-14-13-32(18-26(28)33)17-20-5-3-2-4-6-20/h2-12,15,26H,13-14,16-18H2,1H3/t26-,28+/m0/s1. The zero-order valence-electron chi connectivity index (χ0n) is 19.5. The van der Waals surface area contributed by atoms with E-state index >= 15 is 0 Å². The number of carbonyl (C=O) groups is 1. The van der Waals surface area contributed by atoms with Gasteiger partial charge in [-0.15, -0.1) is 0 Å². The smallest absolute Gasteiger partial charge is 0.261 e. The molecular formula is C28H26Cl2N4O. The van der Waals surface area contributed by atoms with Crippen LogP contribution in [0.1, 0.15) is 18.1 Å². The Balaban J connectivity index is 1.41. The Labute approximate surface area is 215 Å². The minimum absolute atomic E-state index is 0.0227. The van der Waals surface area contributed by atoms with Gasteiger partial charge in [0.05, 0.1) is 17.4 Å². The third-order valence-electron chi connectivity index (χ3n) is 7.65. The van der Waals surface area contributed by atoms with Crippen molar-refractivity contribution in [3.8, 4) is 0 Å². The van der Waals surface area contributed by atoms with Crippen LogP contribution in [0.15, 0.2) is 77.9 Å². The molecule has 2 atom stereocenters. The highest BCUT2D eigenvalue weighted by Crippen LogP contribution is 2.48. The van der Waals surface area contributed by atoms with E-state index in [1.54, 1.807) is 17.1 Å². The lowest BCUT2D eigenvalue weighted by molar-refractivity contribution is -0.125. The summed E-state index contributed by atoms with van der Waals surface area (Å²) in [6.45, 7) is 5.37. The van der Waals surface area contributed by atoms with Crippen LogP contribution in [0.5, 0.6) is 0 Å². The molecule has 3 aliphatic heterocycles. The number of benzene rings is 3. The van der Waals surface area contributed by atoms with Crippen molar-refractivity contribution in [1.82, 2.24) is 4.90 Å². The second-order valence-corrected chi connectivity index (χ2v) is 10.5. The average molecular weight is 505 g/mol. The number of anilines is 2. The summed E-state index contributed by atoms with van der Waals surface area (Å²) in [5.74, 6) is 0.0227. The minimum atomic E-state index is -0.740. The van der Waals surface area contributed by atoms with E-state index in [0.717, 1.165) is 53.9 Å². The van der Waals surface area contributed by atoms with Crippen LogP contribution in [0.2, 0.25) is 10.0 Å². The van der Waals surface area contributed by atoms with E-state index in [4.69, 9.17) is 28.3 Å². The largest absolute Gasteiger partial charge is 0.364 e. The highest BCUT2D eigenvalue weighted by atomic mass is 35.5. The molecule has 6 rings (SSSR count). The molecule has 7 heteroatoms. The van der Waals surface area contributed by atoms with Gasteiger partial charge in [-0.25, -0.2) is 0 Å². The number of nitrogens with zero attached hydrogens (tertiary/aromatic N) is 4. The predicted molar refractivity (Wildman–Crippen MR) is 142 cm³/mol. The summed E-state index contributed by atoms with van der Waals surface area (Å²) >= 11 is 12.5. The monoisotopic (exact) mass is 504 g/mol. The zero-order chi connectivity index (χ0) is 24.2. The second-order valence-electron chi connectivity index (χ2n) is 9.63. The zero-order valence-corrected chi connectivity index (χ0v) is 21.0. The molecule has 1 fully saturated rings. The van der Waals surface area contributed by atoms with Crippen molar-refractivity contribution in [3.05, 3.63) is 94.0 Å². The number of rotatable bonds is 3. The van der Waals surface area contributed by atoms with E-state index in [9.17, 15) is 4.79 Å². The molecule has 0 aromatic heterocycles. The summed E-state index contributed by atoms with van der Waals surface area (Å²) in [7, 11) is 0. The molecule has 0 radical (unpaired) electrons. The molecule has 3 heterocycles. The number of hydrazone groups is 1. The van der Waals surface area contributed by atoms with Crippen molar-refractivity contribution in [2.24, 2.45) is 10.5 Å². The maximum atomic E-state index is 14.3. The SMILES string of the molecule is CC1=NN(c2ccc(Cl)cc2)C(=O)[C@]12Cc1ccc(Cl)cc1N1CCN(Cc3ccccc3)C[C@H]12.